The molecule has 1 aliphatic rings. The number of hydrogen-bond acceptors (Lipinski definition) is 3. The molecule has 0 spiro atoms. The van der Waals surface area contributed by atoms with Crippen molar-refractivity contribution in [2.24, 2.45) is 0 Å². The second kappa shape index (κ2) is 10.6. The van der Waals surface area contributed by atoms with E-state index in [1.165, 1.54) is 33.4 Å². The number of fused-ring (bicyclic) bond motifs is 3. The monoisotopic (exact) mass is 545 g/mol. The molecule has 0 unspecified atom stereocenters. The molecule has 0 bridgehead atoms. The SMILES string of the molecule is COc1ccc(C2(c3ccc(OC)cc3)c3ccccc3-c3ccc(N(c4ccccc4)c4ccccc4)cc32)cc1. The molecular formula is C39H31NO2. The first-order valence-corrected chi connectivity index (χ1v) is 14.2. The molecule has 0 atom stereocenters. The Kier molecular flexibility index (Phi) is 6.48. The van der Waals surface area contributed by atoms with Gasteiger partial charge in [-0.1, -0.05) is 91.0 Å². The highest BCUT2D eigenvalue weighted by atomic mass is 16.5. The number of hydrogen-bond donors (Lipinski definition) is 0. The summed E-state index contributed by atoms with van der Waals surface area (Å²) in [5.74, 6) is 1.67. The molecule has 0 fully saturated rings. The van der Waals surface area contributed by atoms with Crippen LogP contribution in [0.4, 0.5) is 17.1 Å². The molecule has 0 heterocycles. The molecule has 0 saturated carbocycles. The third-order valence-electron chi connectivity index (χ3n) is 8.36. The normalized spacial score (nSPS) is 12.7. The lowest BCUT2D eigenvalue weighted by Crippen LogP contribution is -2.28. The van der Waals surface area contributed by atoms with Crippen molar-refractivity contribution in [2.75, 3.05) is 19.1 Å². The molecule has 0 aromatic heterocycles. The van der Waals surface area contributed by atoms with Crippen molar-refractivity contribution in [3.63, 3.8) is 0 Å². The molecule has 6 aromatic carbocycles. The average Bonchev–Trinajstić information content (AvgIpc) is 3.36. The summed E-state index contributed by atoms with van der Waals surface area (Å²) in [5, 5.41) is 0. The summed E-state index contributed by atoms with van der Waals surface area (Å²) in [4.78, 5) is 2.33. The van der Waals surface area contributed by atoms with E-state index in [9.17, 15) is 0 Å². The molecule has 6 aromatic rings. The summed E-state index contributed by atoms with van der Waals surface area (Å²) in [6.45, 7) is 0. The highest BCUT2D eigenvalue weighted by molar-refractivity contribution is 5.89. The maximum atomic E-state index is 5.57. The zero-order valence-electron chi connectivity index (χ0n) is 23.7. The molecule has 3 nitrogen and oxygen atoms in total. The molecular weight excluding hydrogens is 514 g/mol. The van der Waals surface area contributed by atoms with Crippen LogP contribution in [0.25, 0.3) is 11.1 Å². The van der Waals surface area contributed by atoms with Crippen LogP contribution in [0.2, 0.25) is 0 Å². The third-order valence-corrected chi connectivity index (χ3v) is 8.36. The fourth-order valence-corrected chi connectivity index (χ4v) is 6.48. The molecule has 0 aliphatic heterocycles. The van der Waals surface area contributed by atoms with E-state index in [1.807, 2.05) is 0 Å². The first-order valence-electron chi connectivity index (χ1n) is 14.2. The molecule has 0 radical (unpaired) electrons. The van der Waals surface area contributed by atoms with E-state index >= 15 is 0 Å². The van der Waals surface area contributed by atoms with Crippen LogP contribution >= 0.6 is 0 Å². The topological polar surface area (TPSA) is 21.7 Å². The van der Waals surface area contributed by atoms with Gasteiger partial charge in [-0.3, -0.25) is 0 Å². The standard InChI is InChI=1S/C39H31NO2/c1-41-33-22-17-28(18-23-33)39(29-19-24-34(42-2)25-20-29)37-16-10-9-15-35(37)36-26-21-32(27-38(36)39)40(30-11-5-3-6-12-30)31-13-7-4-8-14-31/h3-27H,1-2H3. The summed E-state index contributed by atoms with van der Waals surface area (Å²) in [7, 11) is 3.42. The molecule has 7 rings (SSSR count). The Morgan fingerprint density at radius 1 is 0.429 bits per heavy atom. The predicted octanol–water partition coefficient (Wildman–Crippen LogP) is 9.54. The second-order valence-electron chi connectivity index (χ2n) is 10.5. The molecule has 204 valence electrons. The summed E-state index contributed by atoms with van der Waals surface area (Å²) in [6, 6.07) is 53.9. The lowest BCUT2D eigenvalue weighted by molar-refractivity contribution is 0.414. The number of benzene rings is 6. The van der Waals surface area contributed by atoms with Gasteiger partial charge < -0.3 is 14.4 Å². The molecule has 1 aliphatic carbocycles. The highest BCUT2D eigenvalue weighted by Crippen LogP contribution is 2.57. The molecule has 0 amide bonds. The number of ether oxygens (including phenoxy) is 2. The van der Waals surface area contributed by atoms with Crippen LogP contribution in [0.3, 0.4) is 0 Å². The van der Waals surface area contributed by atoms with Crippen molar-refractivity contribution >= 4 is 17.1 Å². The fourth-order valence-electron chi connectivity index (χ4n) is 6.48. The number of para-hydroxylation sites is 2. The Balaban J connectivity index is 1.54. The lowest BCUT2D eigenvalue weighted by Gasteiger charge is -2.35. The van der Waals surface area contributed by atoms with E-state index in [0.29, 0.717) is 0 Å². The van der Waals surface area contributed by atoms with Crippen molar-refractivity contribution in [2.45, 2.75) is 5.41 Å². The van der Waals surface area contributed by atoms with Crippen LogP contribution in [-0.2, 0) is 5.41 Å². The van der Waals surface area contributed by atoms with Crippen LogP contribution in [0.5, 0.6) is 11.5 Å². The van der Waals surface area contributed by atoms with E-state index in [0.717, 1.165) is 28.6 Å². The summed E-state index contributed by atoms with van der Waals surface area (Å²) in [5.41, 5.74) is 10.1. The Bertz CT molecular complexity index is 1740. The van der Waals surface area contributed by atoms with Gasteiger partial charge in [-0.25, -0.2) is 0 Å². The Morgan fingerprint density at radius 3 is 1.43 bits per heavy atom. The van der Waals surface area contributed by atoms with Crippen molar-refractivity contribution in [1.82, 2.24) is 0 Å². The van der Waals surface area contributed by atoms with E-state index in [1.54, 1.807) is 14.2 Å². The summed E-state index contributed by atoms with van der Waals surface area (Å²) < 4.78 is 11.1. The smallest absolute Gasteiger partial charge is 0.118 e. The molecule has 0 N–H and O–H groups in total. The summed E-state index contributed by atoms with van der Waals surface area (Å²) >= 11 is 0. The fraction of sp³-hybridized carbons (Fsp3) is 0.0769. The van der Waals surface area contributed by atoms with Gasteiger partial charge in [-0.15, -0.1) is 0 Å². The molecule has 0 saturated heterocycles. The van der Waals surface area contributed by atoms with Crippen molar-refractivity contribution in [3.8, 4) is 22.6 Å². The minimum atomic E-state index is -0.542. The van der Waals surface area contributed by atoms with Gasteiger partial charge in [0.1, 0.15) is 11.5 Å². The quantitative estimate of drug-likeness (QED) is 0.199. The van der Waals surface area contributed by atoms with Crippen LogP contribution in [-0.4, -0.2) is 14.2 Å². The van der Waals surface area contributed by atoms with Gasteiger partial charge >= 0.3 is 0 Å². The van der Waals surface area contributed by atoms with E-state index in [2.05, 4.69) is 157 Å². The Morgan fingerprint density at radius 2 is 0.905 bits per heavy atom. The van der Waals surface area contributed by atoms with E-state index < -0.39 is 5.41 Å². The van der Waals surface area contributed by atoms with Gasteiger partial charge in [-0.05, 0) is 94.0 Å². The van der Waals surface area contributed by atoms with Crippen LogP contribution in [0.1, 0.15) is 22.3 Å². The van der Waals surface area contributed by atoms with Crippen LogP contribution in [0.15, 0.2) is 152 Å². The van der Waals surface area contributed by atoms with Crippen molar-refractivity contribution in [3.05, 3.63) is 174 Å². The average molecular weight is 546 g/mol. The Hall–Kier alpha value is -5.28. The first-order chi connectivity index (χ1) is 20.7. The zero-order chi connectivity index (χ0) is 28.5. The van der Waals surface area contributed by atoms with Gasteiger partial charge in [0.15, 0.2) is 0 Å². The summed E-state index contributed by atoms with van der Waals surface area (Å²) in [6.07, 6.45) is 0. The van der Waals surface area contributed by atoms with Crippen LogP contribution < -0.4 is 14.4 Å². The lowest BCUT2D eigenvalue weighted by atomic mass is 9.67. The number of nitrogens with zero attached hydrogens (tertiary/aromatic N) is 1. The maximum absolute atomic E-state index is 5.57. The number of rotatable bonds is 7. The zero-order valence-corrected chi connectivity index (χ0v) is 23.7. The predicted molar refractivity (Wildman–Crippen MR) is 172 cm³/mol. The number of anilines is 3. The van der Waals surface area contributed by atoms with E-state index in [4.69, 9.17) is 9.47 Å². The first kappa shape index (κ1) is 25.7. The van der Waals surface area contributed by atoms with E-state index in [-0.39, 0.29) is 0 Å². The van der Waals surface area contributed by atoms with Gasteiger partial charge in [0.05, 0.1) is 19.6 Å². The Labute approximate surface area is 247 Å². The van der Waals surface area contributed by atoms with Crippen molar-refractivity contribution < 1.29 is 9.47 Å². The molecule has 3 heteroatoms. The van der Waals surface area contributed by atoms with Gasteiger partial charge in [0, 0.05) is 17.1 Å². The van der Waals surface area contributed by atoms with Gasteiger partial charge in [-0.2, -0.15) is 0 Å². The van der Waals surface area contributed by atoms with Gasteiger partial charge in [0.2, 0.25) is 0 Å². The van der Waals surface area contributed by atoms with Gasteiger partial charge in [0.25, 0.3) is 0 Å². The van der Waals surface area contributed by atoms with Crippen molar-refractivity contribution in [1.29, 1.82) is 0 Å². The second-order valence-corrected chi connectivity index (χ2v) is 10.5. The minimum Gasteiger partial charge on any atom is -0.497 e. The maximum Gasteiger partial charge on any atom is 0.118 e. The number of methoxy groups -OCH3 is 2. The highest BCUT2D eigenvalue weighted by Gasteiger charge is 2.46. The van der Waals surface area contributed by atoms with Crippen LogP contribution in [0, 0.1) is 0 Å². The largest absolute Gasteiger partial charge is 0.497 e. The minimum absolute atomic E-state index is 0.542. The molecule has 42 heavy (non-hydrogen) atoms. The third kappa shape index (κ3) is 4.05.